The van der Waals surface area contributed by atoms with Crippen molar-refractivity contribution in [1.29, 1.82) is 0 Å². The number of hydrogen-bond acceptors (Lipinski definition) is 5. The third-order valence-electron chi connectivity index (χ3n) is 4.15. The predicted molar refractivity (Wildman–Crippen MR) is 93.6 cm³/mol. The first kappa shape index (κ1) is 16.4. The Bertz CT molecular complexity index is 626. The monoisotopic (exact) mass is 325 g/mol. The maximum Gasteiger partial charge on any atom is 0.223 e. The standard InChI is InChI=1S/C18H23N5O/c24-18(7-10-19-15-16-5-1-3-8-20-16)23-13-11-22(12-14-23)17-6-2-4-9-21-17/h1-6,8-9,19H,7,10-15H2. The molecule has 24 heavy (non-hydrogen) atoms. The van der Waals surface area contributed by atoms with Gasteiger partial charge < -0.3 is 15.1 Å². The molecule has 3 heterocycles. The van der Waals surface area contributed by atoms with E-state index < -0.39 is 0 Å². The molecule has 6 heteroatoms. The molecule has 0 saturated carbocycles. The molecule has 1 aliphatic rings. The minimum Gasteiger partial charge on any atom is -0.353 e. The molecule has 1 aliphatic heterocycles. The normalized spacial score (nSPS) is 14.7. The van der Waals surface area contributed by atoms with Crippen molar-refractivity contribution in [2.75, 3.05) is 37.6 Å². The highest BCUT2D eigenvalue weighted by molar-refractivity contribution is 5.76. The summed E-state index contributed by atoms with van der Waals surface area (Å²) in [5, 5.41) is 3.28. The lowest BCUT2D eigenvalue weighted by Gasteiger charge is -2.35. The van der Waals surface area contributed by atoms with Crippen LogP contribution in [0.5, 0.6) is 0 Å². The van der Waals surface area contributed by atoms with E-state index in [0.717, 1.165) is 37.7 Å². The Balaban J connectivity index is 1.36. The van der Waals surface area contributed by atoms with E-state index in [4.69, 9.17) is 0 Å². The van der Waals surface area contributed by atoms with Crippen molar-refractivity contribution in [2.24, 2.45) is 0 Å². The first-order valence-corrected chi connectivity index (χ1v) is 8.37. The molecule has 3 rings (SSSR count). The molecule has 1 N–H and O–H groups in total. The van der Waals surface area contributed by atoms with E-state index in [1.807, 2.05) is 41.3 Å². The van der Waals surface area contributed by atoms with Crippen molar-refractivity contribution in [3.05, 3.63) is 54.5 Å². The first-order valence-electron chi connectivity index (χ1n) is 8.37. The van der Waals surface area contributed by atoms with Gasteiger partial charge in [0.05, 0.1) is 5.69 Å². The number of carbonyl (C=O) groups is 1. The predicted octanol–water partition coefficient (Wildman–Crippen LogP) is 1.31. The van der Waals surface area contributed by atoms with Crippen LogP contribution in [0.3, 0.4) is 0 Å². The number of nitrogens with zero attached hydrogens (tertiary/aromatic N) is 4. The second-order valence-electron chi connectivity index (χ2n) is 5.80. The summed E-state index contributed by atoms with van der Waals surface area (Å²) in [6.45, 7) is 4.57. The Morgan fingerprint density at radius 3 is 2.42 bits per heavy atom. The maximum absolute atomic E-state index is 12.3. The van der Waals surface area contributed by atoms with Gasteiger partial charge in [-0.05, 0) is 24.3 Å². The van der Waals surface area contributed by atoms with Gasteiger partial charge in [0.1, 0.15) is 5.82 Å². The highest BCUT2D eigenvalue weighted by atomic mass is 16.2. The minimum absolute atomic E-state index is 0.212. The van der Waals surface area contributed by atoms with E-state index in [1.165, 1.54) is 0 Å². The van der Waals surface area contributed by atoms with Crippen LogP contribution in [-0.4, -0.2) is 53.5 Å². The smallest absolute Gasteiger partial charge is 0.223 e. The quantitative estimate of drug-likeness (QED) is 0.811. The van der Waals surface area contributed by atoms with Gasteiger partial charge in [-0.2, -0.15) is 0 Å². The molecule has 0 bridgehead atoms. The fourth-order valence-electron chi connectivity index (χ4n) is 2.80. The largest absolute Gasteiger partial charge is 0.353 e. The molecule has 2 aromatic heterocycles. The molecule has 1 amide bonds. The molecule has 0 aliphatic carbocycles. The molecule has 0 atom stereocenters. The fraction of sp³-hybridized carbons (Fsp3) is 0.389. The van der Waals surface area contributed by atoms with E-state index >= 15 is 0 Å². The highest BCUT2D eigenvalue weighted by Gasteiger charge is 2.21. The van der Waals surface area contributed by atoms with Crippen molar-refractivity contribution < 1.29 is 4.79 Å². The summed E-state index contributed by atoms with van der Waals surface area (Å²) in [5.74, 6) is 1.20. The number of carbonyl (C=O) groups excluding carboxylic acids is 1. The van der Waals surface area contributed by atoms with Gasteiger partial charge in [0, 0.05) is 58.1 Å². The molecule has 0 unspecified atom stereocenters. The Morgan fingerprint density at radius 1 is 1.00 bits per heavy atom. The first-order chi connectivity index (χ1) is 11.8. The number of hydrogen-bond donors (Lipinski definition) is 1. The lowest BCUT2D eigenvalue weighted by Crippen LogP contribution is -2.49. The van der Waals surface area contributed by atoms with Crippen LogP contribution >= 0.6 is 0 Å². The third kappa shape index (κ3) is 4.52. The summed E-state index contributed by atoms with van der Waals surface area (Å²) in [4.78, 5) is 25.1. The second-order valence-corrected chi connectivity index (χ2v) is 5.80. The van der Waals surface area contributed by atoms with E-state index in [2.05, 4.69) is 20.2 Å². The Morgan fingerprint density at radius 2 is 1.75 bits per heavy atom. The minimum atomic E-state index is 0.212. The number of nitrogens with one attached hydrogen (secondary N) is 1. The third-order valence-corrected chi connectivity index (χ3v) is 4.15. The lowest BCUT2D eigenvalue weighted by molar-refractivity contribution is -0.131. The Kier molecular flexibility index (Phi) is 5.74. The zero-order valence-electron chi connectivity index (χ0n) is 13.8. The van der Waals surface area contributed by atoms with Crippen molar-refractivity contribution in [1.82, 2.24) is 20.2 Å². The number of piperazine rings is 1. The van der Waals surface area contributed by atoms with E-state index in [-0.39, 0.29) is 5.91 Å². The number of rotatable bonds is 6. The van der Waals surface area contributed by atoms with Crippen LogP contribution in [0.4, 0.5) is 5.82 Å². The molecule has 1 saturated heterocycles. The van der Waals surface area contributed by atoms with Crippen LogP contribution in [0.2, 0.25) is 0 Å². The summed E-state index contributed by atoms with van der Waals surface area (Å²) < 4.78 is 0. The van der Waals surface area contributed by atoms with E-state index in [0.29, 0.717) is 19.5 Å². The number of aromatic nitrogens is 2. The SMILES string of the molecule is O=C(CCNCc1ccccn1)N1CCN(c2ccccn2)CC1. The van der Waals surface area contributed by atoms with Gasteiger partial charge in [-0.25, -0.2) is 4.98 Å². The Hall–Kier alpha value is -2.47. The van der Waals surface area contributed by atoms with Gasteiger partial charge in [-0.3, -0.25) is 9.78 Å². The zero-order valence-corrected chi connectivity index (χ0v) is 13.8. The number of anilines is 1. The van der Waals surface area contributed by atoms with Gasteiger partial charge in [0.2, 0.25) is 5.91 Å². The van der Waals surface area contributed by atoms with Crippen molar-refractivity contribution >= 4 is 11.7 Å². The van der Waals surface area contributed by atoms with Gasteiger partial charge in [0.15, 0.2) is 0 Å². The number of pyridine rings is 2. The molecular weight excluding hydrogens is 302 g/mol. The van der Waals surface area contributed by atoms with Crippen LogP contribution in [0.15, 0.2) is 48.8 Å². The van der Waals surface area contributed by atoms with Gasteiger partial charge in [0.25, 0.3) is 0 Å². The zero-order chi connectivity index (χ0) is 16.6. The van der Waals surface area contributed by atoms with Crippen LogP contribution in [0.25, 0.3) is 0 Å². The molecule has 1 fully saturated rings. The molecule has 126 valence electrons. The van der Waals surface area contributed by atoms with Crippen molar-refractivity contribution in [2.45, 2.75) is 13.0 Å². The molecule has 0 radical (unpaired) electrons. The van der Waals surface area contributed by atoms with Gasteiger partial charge in [-0.15, -0.1) is 0 Å². The number of amides is 1. The van der Waals surface area contributed by atoms with E-state index in [9.17, 15) is 4.79 Å². The van der Waals surface area contributed by atoms with Crippen LogP contribution in [0, 0.1) is 0 Å². The topological polar surface area (TPSA) is 61.4 Å². The van der Waals surface area contributed by atoms with Crippen molar-refractivity contribution in [3.8, 4) is 0 Å². The maximum atomic E-state index is 12.3. The summed E-state index contributed by atoms with van der Waals surface area (Å²) in [7, 11) is 0. The average Bonchev–Trinajstić information content (AvgIpc) is 2.67. The second kappa shape index (κ2) is 8.40. The average molecular weight is 325 g/mol. The summed E-state index contributed by atoms with van der Waals surface area (Å²) in [6.07, 6.45) is 4.11. The molecule has 0 spiro atoms. The molecular formula is C18H23N5O. The highest BCUT2D eigenvalue weighted by Crippen LogP contribution is 2.12. The van der Waals surface area contributed by atoms with E-state index in [1.54, 1.807) is 12.4 Å². The summed E-state index contributed by atoms with van der Waals surface area (Å²) in [5.41, 5.74) is 0.994. The summed E-state index contributed by atoms with van der Waals surface area (Å²) in [6, 6.07) is 11.8. The molecule has 0 aromatic carbocycles. The van der Waals surface area contributed by atoms with Crippen LogP contribution in [0.1, 0.15) is 12.1 Å². The van der Waals surface area contributed by atoms with Gasteiger partial charge >= 0.3 is 0 Å². The summed E-state index contributed by atoms with van der Waals surface area (Å²) >= 11 is 0. The van der Waals surface area contributed by atoms with Gasteiger partial charge in [-0.1, -0.05) is 12.1 Å². The molecule has 6 nitrogen and oxygen atoms in total. The fourth-order valence-corrected chi connectivity index (χ4v) is 2.80. The molecule has 2 aromatic rings. The van der Waals surface area contributed by atoms with Crippen molar-refractivity contribution in [3.63, 3.8) is 0 Å². The lowest BCUT2D eigenvalue weighted by atomic mass is 10.2. The van der Waals surface area contributed by atoms with Crippen LogP contribution in [-0.2, 0) is 11.3 Å². The Labute approximate surface area is 142 Å². The van der Waals surface area contributed by atoms with Crippen LogP contribution < -0.4 is 10.2 Å².